The van der Waals surface area contributed by atoms with Crippen LogP contribution in [0, 0.1) is 5.82 Å². The van der Waals surface area contributed by atoms with Crippen molar-refractivity contribution in [1.82, 2.24) is 9.97 Å². The number of aliphatic imine (C=N–C) groups is 1. The SMILES string of the molecule is Fc1ccc(-c2nc3cc(N=Cc4ccncc4)ccc3o2)cc1. The predicted molar refractivity (Wildman–Crippen MR) is 90.9 cm³/mol. The van der Waals surface area contributed by atoms with Gasteiger partial charge in [-0.2, -0.15) is 0 Å². The average Bonchev–Trinajstić information content (AvgIpc) is 3.05. The minimum atomic E-state index is -0.289. The van der Waals surface area contributed by atoms with Crippen LogP contribution >= 0.6 is 0 Å². The van der Waals surface area contributed by atoms with Crippen molar-refractivity contribution in [3.63, 3.8) is 0 Å². The highest BCUT2D eigenvalue weighted by Gasteiger charge is 2.08. The molecule has 0 aliphatic carbocycles. The van der Waals surface area contributed by atoms with Crippen molar-refractivity contribution in [2.24, 2.45) is 4.99 Å². The molecule has 2 heterocycles. The van der Waals surface area contributed by atoms with Gasteiger partial charge in [-0.15, -0.1) is 0 Å². The van der Waals surface area contributed by atoms with Crippen LogP contribution in [0.15, 0.2) is 76.4 Å². The highest BCUT2D eigenvalue weighted by atomic mass is 19.1. The summed E-state index contributed by atoms with van der Waals surface area (Å²) in [4.78, 5) is 12.9. The van der Waals surface area contributed by atoms with Gasteiger partial charge < -0.3 is 4.42 Å². The smallest absolute Gasteiger partial charge is 0.227 e. The Hall–Kier alpha value is -3.34. The van der Waals surface area contributed by atoms with Crippen molar-refractivity contribution in [3.05, 3.63) is 78.4 Å². The second kappa shape index (κ2) is 6.04. The fourth-order valence-electron chi connectivity index (χ4n) is 2.31. The molecule has 0 N–H and O–H groups in total. The number of hydrogen-bond donors (Lipinski definition) is 0. The third-order valence-electron chi connectivity index (χ3n) is 3.53. The second-order valence-corrected chi connectivity index (χ2v) is 5.22. The number of pyridine rings is 1. The molecule has 0 atom stereocenters. The molecule has 2 aromatic heterocycles. The van der Waals surface area contributed by atoms with Gasteiger partial charge in [-0.3, -0.25) is 9.98 Å². The molecule has 0 spiro atoms. The second-order valence-electron chi connectivity index (χ2n) is 5.22. The third-order valence-corrected chi connectivity index (χ3v) is 3.53. The number of hydrogen-bond acceptors (Lipinski definition) is 4. The summed E-state index contributed by atoms with van der Waals surface area (Å²) in [6.45, 7) is 0. The molecule has 0 unspecified atom stereocenters. The largest absolute Gasteiger partial charge is 0.436 e. The van der Waals surface area contributed by atoms with Crippen LogP contribution in [0.4, 0.5) is 10.1 Å². The lowest BCUT2D eigenvalue weighted by Crippen LogP contribution is -1.80. The summed E-state index contributed by atoms with van der Waals surface area (Å²) in [7, 11) is 0. The molecule has 0 radical (unpaired) electrons. The topological polar surface area (TPSA) is 51.3 Å². The van der Waals surface area contributed by atoms with Gasteiger partial charge in [0.15, 0.2) is 5.58 Å². The number of benzene rings is 2. The fourth-order valence-corrected chi connectivity index (χ4v) is 2.31. The number of fused-ring (bicyclic) bond motifs is 1. The van der Waals surface area contributed by atoms with Crippen molar-refractivity contribution in [3.8, 4) is 11.5 Å². The van der Waals surface area contributed by atoms with Gasteiger partial charge in [0.25, 0.3) is 0 Å². The highest BCUT2D eigenvalue weighted by Crippen LogP contribution is 2.27. The molecule has 116 valence electrons. The van der Waals surface area contributed by atoms with E-state index in [4.69, 9.17) is 4.42 Å². The Bertz CT molecular complexity index is 1010. The maximum Gasteiger partial charge on any atom is 0.227 e. The number of nitrogens with zero attached hydrogens (tertiary/aromatic N) is 3. The summed E-state index contributed by atoms with van der Waals surface area (Å²) in [6.07, 6.45) is 5.21. The average molecular weight is 317 g/mol. The summed E-state index contributed by atoms with van der Waals surface area (Å²) in [5.74, 6) is 0.169. The van der Waals surface area contributed by atoms with Gasteiger partial charge >= 0.3 is 0 Å². The van der Waals surface area contributed by atoms with Crippen LogP contribution in [-0.4, -0.2) is 16.2 Å². The van der Waals surface area contributed by atoms with Crippen LogP contribution in [0.2, 0.25) is 0 Å². The van der Waals surface area contributed by atoms with Crippen molar-refractivity contribution in [2.45, 2.75) is 0 Å². The van der Waals surface area contributed by atoms with E-state index in [9.17, 15) is 4.39 Å². The first-order valence-electron chi connectivity index (χ1n) is 7.38. The van der Waals surface area contributed by atoms with E-state index in [1.165, 1.54) is 12.1 Å². The van der Waals surface area contributed by atoms with Crippen LogP contribution in [0.3, 0.4) is 0 Å². The van der Waals surface area contributed by atoms with E-state index in [0.717, 1.165) is 16.8 Å². The first-order chi connectivity index (χ1) is 11.8. The Morgan fingerprint density at radius 1 is 0.958 bits per heavy atom. The maximum atomic E-state index is 13.0. The van der Waals surface area contributed by atoms with E-state index in [1.54, 1.807) is 30.7 Å². The maximum absolute atomic E-state index is 13.0. The van der Waals surface area contributed by atoms with E-state index in [-0.39, 0.29) is 5.82 Å². The molecule has 0 amide bonds. The summed E-state index contributed by atoms with van der Waals surface area (Å²) in [5, 5.41) is 0. The number of halogens is 1. The zero-order valence-corrected chi connectivity index (χ0v) is 12.6. The molecule has 5 heteroatoms. The molecule has 0 aliphatic rings. The molecule has 0 saturated carbocycles. The highest BCUT2D eigenvalue weighted by molar-refractivity contribution is 5.84. The summed E-state index contributed by atoms with van der Waals surface area (Å²) >= 11 is 0. The number of aromatic nitrogens is 2. The summed E-state index contributed by atoms with van der Waals surface area (Å²) in [5.41, 5.74) is 3.85. The van der Waals surface area contributed by atoms with Crippen LogP contribution < -0.4 is 0 Å². The Balaban J connectivity index is 1.66. The lowest BCUT2D eigenvalue weighted by atomic mass is 10.2. The molecular weight excluding hydrogens is 305 g/mol. The van der Waals surface area contributed by atoms with E-state index in [2.05, 4.69) is 15.0 Å². The van der Waals surface area contributed by atoms with Gasteiger partial charge in [-0.1, -0.05) is 0 Å². The van der Waals surface area contributed by atoms with Gasteiger partial charge in [0.1, 0.15) is 11.3 Å². The van der Waals surface area contributed by atoms with E-state index >= 15 is 0 Å². The van der Waals surface area contributed by atoms with Gasteiger partial charge in [0, 0.05) is 24.2 Å². The molecule has 2 aromatic carbocycles. The van der Waals surface area contributed by atoms with Gasteiger partial charge in [-0.05, 0) is 60.2 Å². The molecule has 0 aliphatic heterocycles. The summed E-state index contributed by atoms with van der Waals surface area (Å²) < 4.78 is 18.7. The minimum Gasteiger partial charge on any atom is -0.436 e. The quantitative estimate of drug-likeness (QED) is 0.511. The standard InChI is InChI=1S/C19H12FN3O/c20-15-3-1-14(2-4-15)19-23-17-11-16(5-6-18(17)24-19)22-12-13-7-9-21-10-8-13/h1-12H. The van der Waals surface area contributed by atoms with E-state index in [0.29, 0.717) is 17.0 Å². The van der Waals surface area contributed by atoms with Crippen molar-refractivity contribution in [1.29, 1.82) is 0 Å². The first kappa shape index (κ1) is 14.3. The lowest BCUT2D eigenvalue weighted by molar-refractivity contribution is 0.616. The van der Waals surface area contributed by atoms with Crippen molar-refractivity contribution < 1.29 is 8.81 Å². The molecule has 4 nitrogen and oxygen atoms in total. The van der Waals surface area contributed by atoms with Crippen LogP contribution in [-0.2, 0) is 0 Å². The van der Waals surface area contributed by atoms with Crippen molar-refractivity contribution >= 4 is 23.0 Å². The number of rotatable bonds is 3. The first-order valence-corrected chi connectivity index (χ1v) is 7.38. The fraction of sp³-hybridized carbons (Fsp3) is 0. The molecule has 0 saturated heterocycles. The van der Waals surface area contributed by atoms with Crippen molar-refractivity contribution in [2.75, 3.05) is 0 Å². The van der Waals surface area contributed by atoms with Gasteiger partial charge in [0.2, 0.25) is 5.89 Å². The Labute approximate surface area is 137 Å². The zero-order valence-electron chi connectivity index (χ0n) is 12.6. The minimum absolute atomic E-state index is 0.289. The Kier molecular flexibility index (Phi) is 3.59. The van der Waals surface area contributed by atoms with E-state index in [1.807, 2.05) is 30.3 Å². The molecule has 0 fully saturated rings. The van der Waals surface area contributed by atoms with Gasteiger partial charge in [-0.25, -0.2) is 9.37 Å². The van der Waals surface area contributed by atoms with E-state index < -0.39 is 0 Å². The Morgan fingerprint density at radius 3 is 2.54 bits per heavy atom. The van der Waals surface area contributed by atoms with Crippen LogP contribution in [0.25, 0.3) is 22.6 Å². The molecule has 4 rings (SSSR count). The predicted octanol–water partition coefficient (Wildman–Crippen LogP) is 4.78. The monoisotopic (exact) mass is 317 g/mol. The van der Waals surface area contributed by atoms with Crippen LogP contribution in [0.5, 0.6) is 0 Å². The normalized spacial score (nSPS) is 11.4. The summed E-state index contributed by atoms with van der Waals surface area (Å²) in [6, 6.07) is 15.3. The zero-order chi connectivity index (χ0) is 16.4. The van der Waals surface area contributed by atoms with Crippen LogP contribution in [0.1, 0.15) is 5.56 Å². The number of oxazole rings is 1. The Morgan fingerprint density at radius 2 is 1.75 bits per heavy atom. The molecule has 0 bridgehead atoms. The molecular formula is C19H12FN3O. The third kappa shape index (κ3) is 2.92. The molecule has 4 aromatic rings. The lowest BCUT2D eigenvalue weighted by Gasteiger charge is -1.93. The molecule has 24 heavy (non-hydrogen) atoms. The van der Waals surface area contributed by atoms with Gasteiger partial charge in [0.05, 0.1) is 5.69 Å².